The maximum absolute atomic E-state index is 13.4. The quantitative estimate of drug-likeness (QED) is 0.0195. The first-order chi connectivity index (χ1) is 37.7. The molecule has 1 aliphatic heterocycles. The number of unbranched alkanes of at least 4 members (excludes halogenated alkanes) is 35. The van der Waals surface area contributed by atoms with Crippen molar-refractivity contribution in [1.82, 2.24) is 5.32 Å². The smallest absolute Gasteiger partial charge is 0.306 e. The van der Waals surface area contributed by atoms with Crippen LogP contribution in [0.1, 0.15) is 297 Å². The lowest BCUT2D eigenvalue weighted by Crippen LogP contribution is -2.61. The van der Waals surface area contributed by atoms with Crippen LogP contribution in [-0.4, -0.2) is 99.6 Å². The van der Waals surface area contributed by atoms with E-state index in [1.54, 1.807) is 6.08 Å². The molecule has 1 aliphatic rings. The Morgan fingerprint density at radius 3 is 1.36 bits per heavy atom. The zero-order valence-electron chi connectivity index (χ0n) is 49.8. The van der Waals surface area contributed by atoms with Crippen molar-refractivity contribution >= 4 is 11.9 Å². The van der Waals surface area contributed by atoms with Gasteiger partial charge in [0.2, 0.25) is 5.91 Å². The van der Waals surface area contributed by atoms with Gasteiger partial charge in [-0.3, -0.25) is 9.59 Å². The first kappa shape index (κ1) is 72.6. The summed E-state index contributed by atoms with van der Waals surface area (Å²) in [6, 6.07) is -1.03. The minimum atomic E-state index is -1.62. The number of esters is 1. The molecule has 0 radical (unpaired) electrons. The summed E-state index contributed by atoms with van der Waals surface area (Å²) < 4.78 is 17.6. The van der Waals surface area contributed by atoms with E-state index >= 15 is 0 Å². The Labute approximate surface area is 472 Å². The minimum absolute atomic E-state index is 0.0990. The highest BCUT2D eigenvalue weighted by Gasteiger charge is 2.47. The lowest BCUT2D eigenvalue weighted by atomic mass is 9.99. The Morgan fingerprint density at radius 2 is 0.896 bits per heavy atom. The van der Waals surface area contributed by atoms with Crippen LogP contribution in [-0.2, 0) is 23.8 Å². The highest BCUT2D eigenvalue weighted by Crippen LogP contribution is 2.26. The van der Waals surface area contributed by atoms with Gasteiger partial charge in [-0.1, -0.05) is 275 Å². The van der Waals surface area contributed by atoms with Crippen molar-refractivity contribution < 1.29 is 49.3 Å². The van der Waals surface area contributed by atoms with Gasteiger partial charge >= 0.3 is 5.97 Å². The summed E-state index contributed by atoms with van der Waals surface area (Å²) in [5.74, 6) is -1.21. The van der Waals surface area contributed by atoms with Gasteiger partial charge in [0.05, 0.1) is 25.4 Å². The second-order valence-corrected chi connectivity index (χ2v) is 22.5. The Hall–Kier alpha value is -2.38. The van der Waals surface area contributed by atoms with Crippen LogP contribution in [0.15, 0.2) is 48.6 Å². The average molecular weight is 1090 g/mol. The maximum atomic E-state index is 13.4. The van der Waals surface area contributed by atoms with E-state index in [4.69, 9.17) is 14.2 Å². The Morgan fingerprint density at radius 1 is 0.506 bits per heavy atom. The van der Waals surface area contributed by atoms with Crippen molar-refractivity contribution in [2.75, 3.05) is 13.2 Å². The fourth-order valence-electron chi connectivity index (χ4n) is 10.1. The molecule has 0 saturated carbocycles. The highest BCUT2D eigenvalue weighted by atomic mass is 16.7. The third-order valence-electron chi connectivity index (χ3n) is 15.2. The van der Waals surface area contributed by atoms with E-state index in [1.165, 1.54) is 167 Å². The van der Waals surface area contributed by atoms with Gasteiger partial charge < -0.3 is 45.1 Å². The molecule has 8 unspecified atom stereocenters. The molecule has 450 valence electrons. The van der Waals surface area contributed by atoms with E-state index in [0.29, 0.717) is 19.3 Å². The first-order valence-corrected chi connectivity index (χ1v) is 32.4. The van der Waals surface area contributed by atoms with Crippen LogP contribution < -0.4 is 5.32 Å². The molecule has 0 bridgehead atoms. The van der Waals surface area contributed by atoms with E-state index in [-0.39, 0.29) is 13.0 Å². The van der Waals surface area contributed by atoms with E-state index in [1.807, 2.05) is 6.08 Å². The molecule has 11 nitrogen and oxygen atoms in total. The van der Waals surface area contributed by atoms with Crippen molar-refractivity contribution in [2.24, 2.45) is 0 Å². The zero-order valence-corrected chi connectivity index (χ0v) is 49.8. The van der Waals surface area contributed by atoms with Gasteiger partial charge in [0, 0.05) is 6.42 Å². The summed E-state index contributed by atoms with van der Waals surface area (Å²) in [7, 11) is 0. The van der Waals surface area contributed by atoms with Crippen LogP contribution in [0.5, 0.6) is 0 Å². The summed E-state index contributed by atoms with van der Waals surface area (Å²) in [5, 5.41) is 57.1. The Kier molecular flexibility index (Phi) is 51.1. The molecule has 1 heterocycles. The number of aliphatic hydroxyl groups excluding tert-OH is 5. The molecule has 0 aromatic rings. The molecule has 0 aromatic carbocycles. The second kappa shape index (κ2) is 54.2. The molecule has 1 fully saturated rings. The fourth-order valence-corrected chi connectivity index (χ4v) is 10.1. The predicted molar refractivity (Wildman–Crippen MR) is 320 cm³/mol. The molecule has 1 saturated heterocycles. The summed E-state index contributed by atoms with van der Waals surface area (Å²) in [6.07, 6.45) is 55.7. The summed E-state index contributed by atoms with van der Waals surface area (Å²) in [6.45, 7) is 5.78. The van der Waals surface area contributed by atoms with Crippen LogP contribution in [0, 0.1) is 0 Å². The number of hydrogen-bond donors (Lipinski definition) is 6. The summed E-state index contributed by atoms with van der Waals surface area (Å²) in [4.78, 5) is 26.6. The van der Waals surface area contributed by atoms with E-state index in [9.17, 15) is 35.1 Å². The van der Waals surface area contributed by atoms with E-state index in [2.05, 4.69) is 62.5 Å². The average Bonchev–Trinajstić information content (AvgIpc) is 3.43. The van der Waals surface area contributed by atoms with Gasteiger partial charge in [-0.2, -0.15) is 0 Å². The highest BCUT2D eigenvalue weighted by molar-refractivity contribution is 5.80. The van der Waals surface area contributed by atoms with E-state index < -0.39 is 67.4 Å². The van der Waals surface area contributed by atoms with Crippen molar-refractivity contribution in [3.8, 4) is 0 Å². The number of rotatable bonds is 55. The molecule has 1 rings (SSSR count). The predicted octanol–water partition coefficient (Wildman–Crippen LogP) is 15.6. The SMILES string of the molecule is CCCCC/C=C\C/C=C\C/C=C\CCCCCCC(=O)OC1C(OCC(NC(=O)C(O)CCCCCCCCCCCCCCCCCCCC)C(O)/C=C/CCCCCCCCCCCCC)OC(CO)C(O)C1O. The van der Waals surface area contributed by atoms with Gasteiger partial charge in [-0.15, -0.1) is 0 Å². The molecule has 6 N–H and O–H groups in total. The lowest BCUT2D eigenvalue weighted by molar-refractivity contribution is -0.305. The maximum Gasteiger partial charge on any atom is 0.306 e. The van der Waals surface area contributed by atoms with Gasteiger partial charge in [-0.05, 0) is 64.2 Å². The number of hydrogen-bond acceptors (Lipinski definition) is 10. The molecule has 8 atom stereocenters. The third kappa shape index (κ3) is 42.2. The minimum Gasteiger partial charge on any atom is -0.454 e. The van der Waals surface area contributed by atoms with Crippen LogP contribution >= 0.6 is 0 Å². The van der Waals surface area contributed by atoms with Crippen molar-refractivity contribution in [3.63, 3.8) is 0 Å². The van der Waals surface area contributed by atoms with Crippen molar-refractivity contribution in [1.29, 1.82) is 0 Å². The van der Waals surface area contributed by atoms with Crippen molar-refractivity contribution in [2.45, 2.75) is 346 Å². The third-order valence-corrected chi connectivity index (χ3v) is 15.2. The topological polar surface area (TPSA) is 175 Å². The lowest BCUT2D eigenvalue weighted by Gasteiger charge is -2.41. The largest absolute Gasteiger partial charge is 0.454 e. The number of carbonyl (C=O) groups is 2. The van der Waals surface area contributed by atoms with Gasteiger partial charge in [0.1, 0.15) is 24.4 Å². The van der Waals surface area contributed by atoms with Gasteiger partial charge in [0.25, 0.3) is 0 Å². The molecule has 0 spiro atoms. The molecule has 77 heavy (non-hydrogen) atoms. The summed E-state index contributed by atoms with van der Waals surface area (Å²) >= 11 is 0. The first-order valence-electron chi connectivity index (χ1n) is 32.4. The second-order valence-electron chi connectivity index (χ2n) is 22.5. The number of allylic oxidation sites excluding steroid dienone is 7. The van der Waals surface area contributed by atoms with Crippen LogP contribution in [0.4, 0.5) is 0 Å². The van der Waals surface area contributed by atoms with E-state index in [0.717, 1.165) is 83.5 Å². The molecule has 1 amide bonds. The standard InChI is InChI=1S/C66H121NO10/c1-4-7-10-13-16-19-22-25-27-29-31-32-35-38-41-44-47-50-53-59(70)65(74)67-57(58(69)52-49-46-43-40-37-34-24-21-18-15-12-9-6-3)56-75-66-64(63(73)62(72)60(55-68)76-66)77-61(71)54-51-48-45-42-39-36-33-30-28-26-23-20-17-14-11-8-5-2/h17,20,26,28,33,36,49,52,57-60,62-64,66,68-70,72-73H,4-16,18-19,21-25,27,29-32,34-35,37-48,50-51,53-56H2,1-3H3,(H,67,74)/b20-17-,28-26-,36-33-,52-49+. The summed E-state index contributed by atoms with van der Waals surface area (Å²) in [5.41, 5.74) is 0. The zero-order chi connectivity index (χ0) is 56.1. The normalized spacial score (nSPS) is 19.3. The number of ether oxygens (including phenoxy) is 3. The molecular weight excluding hydrogens is 967 g/mol. The number of amides is 1. The molecular formula is C66H121NO10. The van der Waals surface area contributed by atoms with Gasteiger partial charge in [0.15, 0.2) is 12.4 Å². The molecule has 0 aliphatic carbocycles. The van der Waals surface area contributed by atoms with Gasteiger partial charge in [-0.25, -0.2) is 0 Å². The molecule has 0 aromatic heterocycles. The Balaban J connectivity index is 2.68. The monoisotopic (exact) mass is 1090 g/mol. The fraction of sp³-hybridized carbons (Fsp3) is 0.848. The van der Waals surface area contributed by atoms with Crippen LogP contribution in [0.25, 0.3) is 0 Å². The van der Waals surface area contributed by atoms with Crippen molar-refractivity contribution in [3.05, 3.63) is 48.6 Å². The number of nitrogens with one attached hydrogen (secondary N) is 1. The van der Waals surface area contributed by atoms with Crippen LogP contribution in [0.3, 0.4) is 0 Å². The number of carbonyl (C=O) groups excluding carboxylic acids is 2. The molecule has 11 heteroatoms. The number of aliphatic hydroxyl groups is 5. The van der Waals surface area contributed by atoms with Crippen LogP contribution in [0.2, 0.25) is 0 Å². The Bertz CT molecular complexity index is 1440.